The molecule has 0 aliphatic rings. The lowest BCUT2D eigenvalue weighted by Crippen LogP contribution is -2.06. The molecular formula is C10H8BrF2N3O2. The predicted molar refractivity (Wildman–Crippen MR) is 61.6 cm³/mol. The van der Waals surface area contributed by atoms with Crippen LogP contribution in [0.4, 0.5) is 8.78 Å². The van der Waals surface area contributed by atoms with Crippen molar-refractivity contribution in [3.63, 3.8) is 0 Å². The van der Waals surface area contributed by atoms with Crippen molar-refractivity contribution in [1.82, 2.24) is 14.6 Å². The summed E-state index contributed by atoms with van der Waals surface area (Å²) < 4.78 is 31.3. The minimum absolute atomic E-state index is 0.210. The third-order valence-corrected chi connectivity index (χ3v) is 2.69. The van der Waals surface area contributed by atoms with Crippen LogP contribution in [-0.4, -0.2) is 27.2 Å². The molecule has 0 saturated heterocycles. The SMILES string of the molecule is CCOC(=O)c1cc(Br)c2nc(C(F)F)nn2c1. The van der Waals surface area contributed by atoms with Crippen LogP contribution < -0.4 is 0 Å². The van der Waals surface area contributed by atoms with Gasteiger partial charge >= 0.3 is 5.97 Å². The van der Waals surface area contributed by atoms with Gasteiger partial charge in [0.15, 0.2) is 5.65 Å². The largest absolute Gasteiger partial charge is 0.462 e. The topological polar surface area (TPSA) is 56.5 Å². The number of halogens is 3. The summed E-state index contributed by atoms with van der Waals surface area (Å²) in [5.74, 6) is -1.13. The second-order valence-corrected chi connectivity index (χ2v) is 4.19. The monoisotopic (exact) mass is 319 g/mol. The minimum Gasteiger partial charge on any atom is -0.462 e. The van der Waals surface area contributed by atoms with E-state index in [1.54, 1.807) is 6.92 Å². The highest BCUT2D eigenvalue weighted by Gasteiger charge is 2.17. The van der Waals surface area contributed by atoms with Crippen LogP contribution in [-0.2, 0) is 4.74 Å². The lowest BCUT2D eigenvalue weighted by atomic mass is 10.3. The number of carbonyl (C=O) groups is 1. The smallest absolute Gasteiger partial charge is 0.339 e. The van der Waals surface area contributed by atoms with Crippen molar-refractivity contribution in [2.75, 3.05) is 6.61 Å². The molecule has 2 rings (SSSR count). The summed E-state index contributed by atoms with van der Waals surface area (Å²) in [4.78, 5) is 15.2. The Labute approximate surface area is 109 Å². The second-order valence-electron chi connectivity index (χ2n) is 3.34. The number of nitrogens with zero attached hydrogens (tertiary/aromatic N) is 3. The molecule has 5 nitrogen and oxygen atoms in total. The number of fused-ring (bicyclic) bond motifs is 1. The van der Waals surface area contributed by atoms with Crippen molar-refractivity contribution >= 4 is 27.5 Å². The number of alkyl halides is 2. The highest BCUT2D eigenvalue weighted by atomic mass is 79.9. The number of aromatic nitrogens is 3. The number of ether oxygens (including phenoxy) is 1. The Bertz CT molecular complexity index is 600. The third-order valence-electron chi connectivity index (χ3n) is 2.11. The summed E-state index contributed by atoms with van der Waals surface area (Å²) in [7, 11) is 0. The molecule has 96 valence electrons. The van der Waals surface area contributed by atoms with Crippen molar-refractivity contribution in [2.24, 2.45) is 0 Å². The molecule has 0 fully saturated rings. The zero-order valence-corrected chi connectivity index (χ0v) is 10.8. The van der Waals surface area contributed by atoms with Crippen molar-refractivity contribution in [3.8, 4) is 0 Å². The molecule has 2 aromatic rings. The first-order valence-electron chi connectivity index (χ1n) is 5.04. The first kappa shape index (κ1) is 12.9. The molecule has 0 aliphatic heterocycles. The standard InChI is InChI=1S/C10H8BrF2N3O2/c1-2-18-10(17)5-3-6(11)9-14-8(7(12)13)15-16(9)4-5/h3-4,7H,2H2,1H3. The van der Waals surface area contributed by atoms with E-state index in [9.17, 15) is 13.6 Å². The summed E-state index contributed by atoms with van der Waals surface area (Å²) in [6.45, 7) is 1.91. The van der Waals surface area contributed by atoms with E-state index in [2.05, 4.69) is 26.0 Å². The zero-order valence-electron chi connectivity index (χ0n) is 9.23. The van der Waals surface area contributed by atoms with Gasteiger partial charge in [-0.1, -0.05) is 0 Å². The molecule has 0 atom stereocenters. The van der Waals surface area contributed by atoms with Gasteiger partial charge in [-0.05, 0) is 28.9 Å². The highest BCUT2D eigenvalue weighted by Crippen LogP contribution is 2.22. The normalized spacial score (nSPS) is 11.2. The molecule has 0 amide bonds. The molecule has 18 heavy (non-hydrogen) atoms. The van der Waals surface area contributed by atoms with Gasteiger partial charge in [0.1, 0.15) is 0 Å². The van der Waals surface area contributed by atoms with Gasteiger partial charge in [0.25, 0.3) is 6.43 Å². The number of pyridine rings is 1. The van der Waals surface area contributed by atoms with Gasteiger partial charge in [-0.25, -0.2) is 23.1 Å². The third kappa shape index (κ3) is 2.33. The van der Waals surface area contributed by atoms with Gasteiger partial charge in [-0.2, -0.15) is 0 Å². The number of hydrogen-bond donors (Lipinski definition) is 0. The van der Waals surface area contributed by atoms with Crippen LogP contribution in [0.5, 0.6) is 0 Å². The van der Waals surface area contributed by atoms with Crippen LogP contribution in [0, 0.1) is 0 Å². The Morgan fingerprint density at radius 2 is 2.33 bits per heavy atom. The molecule has 0 bridgehead atoms. The van der Waals surface area contributed by atoms with E-state index in [1.165, 1.54) is 12.3 Å². The predicted octanol–water partition coefficient (Wildman–Crippen LogP) is 2.61. The fraction of sp³-hybridized carbons (Fsp3) is 0.300. The summed E-state index contributed by atoms with van der Waals surface area (Å²) in [5, 5.41) is 3.59. The molecule has 0 N–H and O–H groups in total. The van der Waals surface area contributed by atoms with E-state index < -0.39 is 18.2 Å². The Kier molecular flexibility index (Phi) is 3.55. The summed E-state index contributed by atoms with van der Waals surface area (Å²) in [6, 6.07) is 1.46. The van der Waals surface area contributed by atoms with Gasteiger partial charge in [-0.3, -0.25) is 0 Å². The maximum Gasteiger partial charge on any atom is 0.339 e. The van der Waals surface area contributed by atoms with Crippen LogP contribution in [0.2, 0.25) is 0 Å². The molecule has 0 spiro atoms. The van der Waals surface area contributed by atoms with E-state index in [0.717, 1.165) is 4.52 Å². The van der Waals surface area contributed by atoms with Crippen molar-refractivity contribution in [1.29, 1.82) is 0 Å². The van der Waals surface area contributed by atoms with Crippen LogP contribution >= 0.6 is 15.9 Å². The van der Waals surface area contributed by atoms with Gasteiger partial charge in [0.05, 0.1) is 16.6 Å². The lowest BCUT2D eigenvalue weighted by Gasteiger charge is -2.02. The van der Waals surface area contributed by atoms with E-state index in [-0.39, 0.29) is 17.8 Å². The van der Waals surface area contributed by atoms with E-state index in [0.29, 0.717) is 4.47 Å². The number of hydrogen-bond acceptors (Lipinski definition) is 4. The van der Waals surface area contributed by atoms with Crippen molar-refractivity contribution < 1.29 is 18.3 Å². The zero-order chi connectivity index (χ0) is 13.3. The van der Waals surface area contributed by atoms with Crippen molar-refractivity contribution in [3.05, 3.63) is 28.1 Å². The molecular weight excluding hydrogens is 312 g/mol. The molecule has 0 saturated carbocycles. The Hall–Kier alpha value is -1.57. The van der Waals surface area contributed by atoms with Crippen LogP contribution in [0.15, 0.2) is 16.7 Å². The molecule has 8 heteroatoms. The maximum absolute atomic E-state index is 12.5. The average molecular weight is 320 g/mol. The molecule has 0 radical (unpaired) electrons. The van der Waals surface area contributed by atoms with E-state index in [4.69, 9.17) is 4.74 Å². The van der Waals surface area contributed by atoms with Crippen LogP contribution in [0.25, 0.3) is 5.65 Å². The van der Waals surface area contributed by atoms with Gasteiger partial charge in [-0.15, -0.1) is 5.10 Å². The minimum atomic E-state index is -2.76. The van der Waals surface area contributed by atoms with E-state index in [1.807, 2.05) is 0 Å². The Morgan fingerprint density at radius 1 is 1.61 bits per heavy atom. The van der Waals surface area contributed by atoms with Crippen molar-refractivity contribution in [2.45, 2.75) is 13.3 Å². The van der Waals surface area contributed by atoms with Crippen LogP contribution in [0.1, 0.15) is 29.5 Å². The Balaban J connectivity index is 2.51. The quantitative estimate of drug-likeness (QED) is 0.816. The number of rotatable bonds is 3. The lowest BCUT2D eigenvalue weighted by molar-refractivity contribution is 0.0525. The molecule has 2 heterocycles. The summed E-state index contributed by atoms with van der Waals surface area (Å²) >= 11 is 3.15. The molecule has 0 aliphatic carbocycles. The van der Waals surface area contributed by atoms with Gasteiger partial charge < -0.3 is 4.74 Å². The first-order chi connectivity index (χ1) is 8.52. The fourth-order valence-electron chi connectivity index (χ4n) is 1.38. The van der Waals surface area contributed by atoms with E-state index >= 15 is 0 Å². The Morgan fingerprint density at radius 3 is 2.94 bits per heavy atom. The fourth-order valence-corrected chi connectivity index (χ4v) is 1.90. The highest BCUT2D eigenvalue weighted by molar-refractivity contribution is 9.10. The molecule has 0 aromatic carbocycles. The average Bonchev–Trinajstić information content (AvgIpc) is 2.73. The van der Waals surface area contributed by atoms with Gasteiger partial charge in [0, 0.05) is 6.20 Å². The number of carbonyl (C=O) groups excluding carboxylic acids is 1. The van der Waals surface area contributed by atoms with Crippen LogP contribution in [0.3, 0.4) is 0 Å². The first-order valence-corrected chi connectivity index (χ1v) is 5.83. The van der Waals surface area contributed by atoms with Gasteiger partial charge in [0.2, 0.25) is 5.82 Å². The second kappa shape index (κ2) is 4.97. The molecule has 2 aromatic heterocycles. The number of esters is 1. The summed E-state index contributed by atoms with van der Waals surface area (Å²) in [5.41, 5.74) is 0.431. The summed E-state index contributed by atoms with van der Waals surface area (Å²) in [6.07, 6.45) is -1.46. The maximum atomic E-state index is 12.5. The molecule has 0 unspecified atom stereocenters.